The van der Waals surface area contributed by atoms with E-state index in [9.17, 15) is 4.79 Å². The van der Waals surface area contributed by atoms with Crippen molar-refractivity contribution in [3.63, 3.8) is 0 Å². The average molecular weight is 793 g/mol. The Morgan fingerprint density at radius 3 is 2.55 bits per heavy atom. The van der Waals surface area contributed by atoms with E-state index < -0.39 is 23.3 Å². The number of carbonyl (C=O) groups is 1. The van der Waals surface area contributed by atoms with Gasteiger partial charge in [0.25, 0.3) is 0 Å². The maximum atomic E-state index is 16.0. The third-order valence-electron chi connectivity index (χ3n) is 10.9. The van der Waals surface area contributed by atoms with Crippen molar-refractivity contribution in [1.29, 1.82) is 0 Å². The van der Waals surface area contributed by atoms with Gasteiger partial charge in [-0.25, -0.2) is 33.1 Å². The summed E-state index contributed by atoms with van der Waals surface area (Å²) in [4.78, 5) is 37.7. The van der Waals surface area contributed by atoms with Gasteiger partial charge >= 0.3 is 0 Å². The molecule has 0 saturated heterocycles. The minimum atomic E-state index is -1.58. The van der Waals surface area contributed by atoms with Gasteiger partial charge in [-0.3, -0.25) is 19.3 Å². The highest BCUT2D eigenvalue weighted by Gasteiger charge is 2.41. The molecular weight excluding hydrogens is 746 g/mol. The smallest absolute Gasteiger partial charge is 0.247 e. The number of aromatic nitrogens is 7. The second kappa shape index (κ2) is 15.8. The zero-order valence-corrected chi connectivity index (χ0v) is 33.3. The fourth-order valence-corrected chi connectivity index (χ4v) is 8.14. The van der Waals surface area contributed by atoms with Crippen LogP contribution in [0.5, 0.6) is 5.75 Å². The van der Waals surface area contributed by atoms with Crippen LogP contribution in [0.1, 0.15) is 75.5 Å². The van der Waals surface area contributed by atoms with Crippen molar-refractivity contribution in [3.05, 3.63) is 95.2 Å². The molecule has 302 valence electrons. The lowest BCUT2D eigenvalue weighted by Gasteiger charge is -2.43. The van der Waals surface area contributed by atoms with E-state index in [4.69, 9.17) is 14.7 Å². The van der Waals surface area contributed by atoms with Crippen LogP contribution in [0.3, 0.4) is 0 Å². The van der Waals surface area contributed by atoms with Crippen LogP contribution in [-0.4, -0.2) is 83.5 Å². The first kappa shape index (κ1) is 39.0. The Balaban J connectivity index is 0.874. The molecule has 1 amide bonds. The number of anilines is 2. The number of rotatable bonds is 13. The number of pyridine rings is 1. The lowest BCUT2D eigenvalue weighted by atomic mass is 9.87. The highest BCUT2D eigenvalue weighted by molar-refractivity contribution is 6.00. The predicted octanol–water partition coefficient (Wildman–Crippen LogP) is 7.98. The SMILES string of the molecule is CCN1C(=O)CNc2ncc(-c3ccc(-c4ncn(CCCCCOc5cc(F)c([C@@H]6c7[nH]c8ccccc8c7C[C@@H](C)N6CC(C)(C)F)c(F)c5)n4)nc3C)nc21. The fraction of sp³-hybridized carbons (Fsp3) is 0.395. The monoisotopic (exact) mass is 792 g/mol. The van der Waals surface area contributed by atoms with Gasteiger partial charge in [0.2, 0.25) is 5.91 Å². The molecule has 0 aliphatic carbocycles. The number of unbranched alkanes of at least 4 members (excludes halogenated alkanes) is 2. The molecule has 2 N–H and O–H groups in total. The molecule has 0 saturated carbocycles. The van der Waals surface area contributed by atoms with Gasteiger partial charge < -0.3 is 15.0 Å². The van der Waals surface area contributed by atoms with Gasteiger partial charge in [0, 0.05) is 71.2 Å². The molecule has 0 fully saturated rings. The third-order valence-corrected chi connectivity index (χ3v) is 10.9. The molecule has 6 aromatic rings. The van der Waals surface area contributed by atoms with Crippen LogP contribution >= 0.6 is 0 Å². The summed E-state index contributed by atoms with van der Waals surface area (Å²) in [5, 5.41) is 8.65. The number of hydrogen-bond acceptors (Lipinski definition) is 9. The van der Waals surface area contributed by atoms with Gasteiger partial charge in [0.05, 0.1) is 31.1 Å². The molecule has 12 nitrogen and oxygen atoms in total. The second-order valence-electron chi connectivity index (χ2n) is 15.7. The average Bonchev–Trinajstić information content (AvgIpc) is 3.81. The predicted molar refractivity (Wildman–Crippen MR) is 216 cm³/mol. The zero-order chi connectivity index (χ0) is 40.7. The van der Waals surface area contributed by atoms with E-state index >= 15 is 13.2 Å². The van der Waals surface area contributed by atoms with Crippen molar-refractivity contribution in [2.24, 2.45) is 0 Å². The summed E-state index contributed by atoms with van der Waals surface area (Å²) in [6, 6.07) is 13.1. The third kappa shape index (κ3) is 7.74. The van der Waals surface area contributed by atoms with E-state index in [-0.39, 0.29) is 43.0 Å². The number of nitrogens with zero attached hydrogens (tertiary/aromatic N) is 8. The molecule has 4 aromatic heterocycles. The number of ether oxygens (including phenoxy) is 1. The standard InChI is InChI=1S/C43H47F3N10O2/c1-6-55-36(57)22-48-41-42(55)52-35(21-47-41)28-14-15-34(50-26(28)3)40-49-24-54(53-40)16-10-7-11-17-58-27-19-31(44)37(32(45)20-27)39-38-30(29-12-8-9-13-33(29)51-38)18-25(2)56(39)23-43(4,5)46/h8-9,12-15,19-21,24-25,39,51H,6-7,10-11,16-18,22-23H2,1-5H3,(H,47,48)/t25-,39-/m1/s1. The number of likely N-dealkylation sites (N-methyl/N-ethyl adjacent to an activating group) is 1. The minimum Gasteiger partial charge on any atom is -0.493 e. The van der Waals surface area contributed by atoms with Gasteiger partial charge in [-0.2, -0.15) is 0 Å². The summed E-state index contributed by atoms with van der Waals surface area (Å²) in [7, 11) is 0. The Bertz CT molecular complexity index is 2450. The number of para-hydroxylation sites is 1. The lowest BCUT2D eigenvalue weighted by Crippen LogP contribution is -2.48. The molecule has 0 spiro atoms. The van der Waals surface area contributed by atoms with Gasteiger partial charge in [-0.05, 0) is 84.1 Å². The summed E-state index contributed by atoms with van der Waals surface area (Å²) in [5.74, 6) is 0.176. The summed E-state index contributed by atoms with van der Waals surface area (Å²) < 4.78 is 54.8. The largest absolute Gasteiger partial charge is 0.493 e. The molecule has 2 aliphatic heterocycles. The number of fused-ring (bicyclic) bond motifs is 4. The number of nitrogens with one attached hydrogen (secondary N) is 2. The highest BCUT2D eigenvalue weighted by atomic mass is 19.1. The first-order chi connectivity index (χ1) is 27.9. The summed E-state index contributed by atoms with van der Waals surface area (Å²) in [5.41, 5.74) is 3.64. The molecule has 8 rings (SSSR count). The van der Waals surface area contributed by atoms with E-state index in [1.165, 1.54) is 26.0 Å². The van der Waals surface area contributed by atoms with Crippen molar-refractivity contribution in [2.75, 3.05) is 36.5 Å². The number of amides is 1. The number of alkyl halides is 1. The molecular formula is C43H47F3N10O2. The number of hydrogen-bond donors (Lipinski definition) is 2. The lowest BCUT2D eigenvalue weighted by molar-refractivity contribution is -0.117. The molecule has 6 heterocycles. The Morgan fingerprint density at radius 1 is 1.00 bits per heavy atom. The maximum absolute atomic E-state index is 16.0. The molecule has 0 unspecified atom stereocenters. The van der Waals surface area contributed by atoms with Crippen molar-refractivity contribution in [2.45, 2.75) is 84.6 Å². The van der Waals surface area contributed by atoms with Crippen LogP contribution in [0.25, 0.3) is 33.7 Å². The van der Waals surface area contributed by atoms with Crippen LogP contribution in [0.15, 0.2) is 61.1 Å². The van der Waals surface area contributed by atoms with Crippen molar-refractivity contribution >= 4 is 28.4 Å². The Kier molecular flexibility index (Phi) is 10.7. The van der Waals surface area contributed by atoms with Crippen LogP contribution in [0.2, 0.25) is 0 Å². The number of aromatic amines is 1. The minimum absolute atomic E-state index is 0.0125. The Hall–Kier alpha value is -5.83. The van der Waals surface area contributed by atoms with Crippen molar-refractivity contribution < 1.29 is 22.7 Å². The zero-order valence-electron chi connectivity index (χ0n) is 33.3. The van der Waals surface area contributed by atoms with Gasteiger partial charge in [-0.15, -0.1) is 5.10 Å². The molecule has 58 heavy (non-hydrogen) atoms. The van der Waals surface area contributed by atoms with Crippen molar-refractivity contribution in [1.82, 2.24) is 39.6 Å². The summed E-state index contributed by atoms with van der Waals surface area (Å²) in [6.07, 6.45) is 6.22. The number of aryl methyl sites for hydroxylation is 2. The van der Waals surface area contributed by atoms with Crippen LogP contribution in [-0.2, 0) is 17.8 Å². The van der Waals surface area contributed by atoms with E-state index in [0.717, 1.165) is 40.6 Å². The molecule has 0 radical (unpaired) electrons. The number of H-pyrrole nitrogens is 1. The molecule has 2 aliphatic rings. The highest BCUT2D eigenvalue weighted by Crippen LogP contribution is 2.44. The van der Waals surface area contributed by atoms with Crippen LogP contribution in [0.4, 0.5) is 24.8 Å². The first-order valence-electron chi connectivity index (χ1n) is 19.8. The number of halogens is 3. The molecule has 2 atom stereocenters. The molecule has 15 heteroatoms. The van der Waals surface area contributed by atoms with E-state index in [0.29, 0.717) is 60.5 Å². The Morgan fingerprint density at radius 2 is 1.79 bits per heavy atom. The number of benzene rings is 2. The summed E-state index contributed by atoms with van der Waals surface area (Å²) in [6.45, 7) is 10.3. The number of carbonyl (C=O) groups excluding carboxylic acids is 1. The topological polar surface area (TPSA) is 130 Å². The van der Waals surface area contributed by atoms with Gasteiger partial charge in [0.15, 0.2) is 17.5 Å². The quantitative estimate of drug-likeness (QED) is 0.112. The van der Waals surface area contributed by atoms with E-state index in [2.05, 4.69) is 25.4 Å². The maximum Gasteiger partial charge on any atom is 0.247 e. The van der Waals surface area contributed by atoms with E-state index in [1.54, 1.807) is 22.1 Å². The van der Waals surface area contributed by atoms with Gasteiger partial charge in [0.1, 0.15) is 35.1 Å². The summed E-state index contributed by atoms with van der Waals surface area (Å²) >= 11 is 0. The normalized spacial score (nSPS) is 17.0. The fourth-order valence-electron chi connectivity index (χ4n) is 8.14. The second-order valence-corrected chi connectivity index (χ2v) is 15.7. The molecule has 0 bridgehead atoms. The van der Waals surface area contributed by atoms with Crippen LogP contribution < -0.4 is 15.0 Å². The van der Waals surface area contributed by atoms with Crippen LogP contribution in [0, 0.1) is 18.6 Å². The van der Waals surface area contributed by atoms with E-state index in [1.807, 2.05) is 62.1 Å². The first-order valence-corrected chi connectivity index (χ1v) is 19.8. The van der Waals surface area contributed by atoms with Gasteiger partial charge in [-0.1, -0.05) is 18.2 Å². The molecule has 2 aromatic carbocycles. The van der Waals surface area contributed by atoms with Crippen molar-refractivity contribution in [3.8, 4) is 28.5 Å². The Labute approximate surface area is 334 Å².